The highest BCUT2D eigenvalue weighted by Gasteiger charge is 2.23. The second-order valence-corrected chi connectivity index (χ2v) is 3.08. The first-order valence-electron chi connectivity index (χ1n) is 3.74. The highest BCUT2D eigenvalue weighted by Crippen LogP contribution is 2.29. The molecule has 1 aliphatic heterocycles. The number of carbonyl (C=O) groups is 1. The van der Waals surface area contributed by atoms with Gasteiger partial charge in [-0.2, -0.15) is 0 Å². The first-order valence-corrected chi connectivity index (χ1v) is 4.12. The minimum Gasteiger partial charge on any atom is -0.480 e. The van der Waals surface area contributed by atoms with Gasteiger partial charge in [0.15, 0.2) is 18.2 Å². The van der Waals surface area contributed by atoms with Crippen molar-refractivity contribution in [2.24, 2.45) is 0 Å². The molecule has 0 N–H and O–H groups in total. The Balaban J connectivity index is 2.51. The Kier molecular flexibility index (Phi) is 1.84. The van der Waals surface area contributed by atoms with E-state index in [1.165, 1.54) is 4.90 Å². The van der Waals surface area contributed by atoms with E-state index in [-0.39, 0.29) is 12.5 Å². The molecule has 1 aliphatic rings. The fourth-order valence-corrected chi connectivity index (χ4v) is 1.26. The van der Waals surface area contributed by atoms with Gasteiger partial charge in [0.25, 0.3) is 5.91 Å². The van der Waals surface area contributed by atoms with Crippen molar-refractivity contribution in [3.05, 3.63) is 17.3 Å². The summed E-state index contributed by atoms with van der Waals surface area (Å²) in [5.41, 5.74) is 0. The van der Waals surface area contributed by atoms with Crippen LogP contribution in [0.1, 0.15) is 0 Å². The van der Waals surface area contributed by atoms with Gasteiger partial charge in [-0.05, 0) is 12.1 Å². The van der Waals surface area contributed by atoms with Crippen molar-refractivity contribution >= 4 is 23.3 Å². The van der Waals surface area contributed by atoms with Crippen molar-refractivity contribution in [1.29, 1.82) is 0 Å². The monoisotopic (exact) mass is 198 g/mol. The van der Waals surface area contributed by atoms with Crippen molar-refractivity contribution in [2.75, 3.05) is 18.6 Å². The molecule has 0 saturated carbocycles. The van der Waals surface area contributed by atoms with E-state index in [0.717, 1.165) is 0 Å². The minimum atomic E-state index is -0.123. The Morgan fingerprint density at radius 2 is 2.38 bits per heavy atom. The summed E-state index contributed by atoms with van der Waals surface area (Å²) in [7, 11) is 1.65. The first-order chi connectivity index (χ1) is 6.18. The number of amides is 1. The maximum absolute atomic E-state index is 11.2. The smallest absolute Gasteiger partial charge is 0.265 e. The van der Waals surface area contributed by atoms with E-state index in [4.69, 9.17) is 16.3 Å². The summed E-state index contributed by atoms with van der Waals surface area (Å²) < 4.78 is 5.15. The summed E-state index contributed by atoms with van der Waals surface area (Å²) in [5, 5.41) is 0.351. The molecule has 1 aromatic heterocycles. The second-order valence-electron chi connectivity index (χ2n) is 2.70. The molecule has 1 amide bonds. The van der Waals surface area contributed by atoms with Crippen LogP contribution in [-0.4, -0.2) is 24.5 Å². The maximum atomic E-state index is 11.2. The van der Waals surface area contributed by atoms with Crippen LogP contribution in [0.3, 0.4) is 0 Å². The third-order valence-corrected chi connectivity index (χ3v) is 2.06. The number of pyridine rings is 1. The molecule has 1 aromatic rings. The van der Waals surface area contributed by atoms with Crippen molar-refractivity contribution in [3.8, 4) is 5.75 Å². The number of rotatable bonds is 0. The number of anilines is 1. The standard InChI is InChI=1S/C8H7ClN2O2/c1-11-7(12)4-13-5-2-3-6(9)10-8(5)11/h2-3H,4H2,1H3. The van der Waals surface area contributed by atoms with E-state index >= 15 is 0 Å². The van der Waals surface area contributed by atoms with Gasteiger partial charge in [0, 0.05) is 7.05 Å². The molecule has 2 rings (SSSR count). The van der Waals surface area contributed by atoms with Gasteiger partial charge in [0.2, 0.25) is 0 Å². The average molecular weight is 199 g/mol. The predicted octanol–water partition coefficient (Wildman–Crippen LogP) is 1.09. The van der Waals surface area contributed by atoms with Gasteiger partial charge < -0.3 is 4.74 Å². The Bertz CT molecular complexity index is 367. The van der Waals surface area contributed by atoms with Crippen LogP contribution < -0.4 is 9.64 Å². The molecule has 0 radical (unpaired) electrons. The molecule has 0 aromatic carbocycles. The van der Waals surface area contributed by atoms with Gasteiger partial charge in [-0.1, -0.05) is 11.6 Å². The predicted molar refractivity (Wildman–Crippen MR) is 48.2 cm³/mol. The van der Waals surface area contributed by atoms with Gasteiger partial charge in [0.05, 0.1) is 0 Å². The Morgan fingerprint density at radius 3 is 3.15 bits per heavy atom. The quantitative estimate of drug-likeness (QED) is 0.586. The lowest BCUT2D eigenvalue weighted by atomic mass is 10.3. The highest BCUT2D eigenvalue weighted by atomic mass is 35.5. The Labute approximate surface area is 80.1 Å². The van der Waals surface area contributed by atoms with E-state index in [9.17, 15) is 4.79 Å². The average Bonchev–Trinajstić information content (AvgIpc) is 2.12. The number of hydrogen-bond donors (Lipinski definition) is 0. The third-order valence-electron chi connectivity index (χ3n) is 1.85. The zero-order valence-electron chi connectivity index (χ0n) is 6.95. The molecular formula is C8H7ClN2O2. The van der Waals surface area contributed by atoms with Crippen LogP contribution >= 0.6 is 11.6 Å². The van der Waals surface area contributed by atoms with Gasteiger partial charge in [-0.15, -0.1) is 0 Å². The lowest BCUT2D eigenvalue weighted by molar-refractivity contribution is -0.121. The van der Waals surface area contributed by atoms with Crippen LogP contribution in [0.2, 0.25) is 5.15 Å². The molecule has 13 heavy (non-hydrogen) atoms. The number of fused-ring (bicyclic) bond motifs is 1. The molecule has 4 nitrogen and oxygen atoms in total. The molecule has 5 heteroatoms. The molecule has 0 spiro atoms. The summed E-state index contributed by atoms with van der Waals surface area (Å²) in [4.78, 5) is 16.6. The minimum absolute atomic E-state index is 0.0623. The lowest BCUT2D eigenvalue weighted by Gasteiger charge is -2.24. The third kappa shape index (κ3) is 1.33. The summed E-state index contributed by atoms with van der Waals surface area (Å²) in [6.07, 6.45) is 0. The van der Waals surface area contributed by atoms with Crippen LogP contribution in [0.25, 0.3) is 0 Å². The highest BCUT2D eigenvalue weighted by molar-refractivity contribution is 6.29. The summed E-state index contributed by atoms with van der Waals surface area (Å²) in [6, 6.07) is 3.33. The zero-order chi connectivity index (χ0) is 9.42. The van der Waals surface area contributed by atoms with E-state index in [1.54, 1.807) is 19.2 Å². The molecule has 0 fully saturated rings. The van der Waals surface area contributed by atoms with Crippen LogP contribution in [0.5, 0.6) is 5.75 Å². The topological polar surface area (TPSA) is 42.4 Å². The molecule has 68 valence electrons. The fraction of sp³-hybridized carbons (Fsp3) is 0.250. The fourth-order valence-electron chi connectivity index (χ4n) is 1.12. The van der Waals surface area contributed by atoms with Crippen molar-refractivity contribution in [3.63, 3.8) is 0 Å². The van der Waals surface area contributed by atoms with E-state index < -0.39 is 0 Å². The summed E-state index contributed by atoms with van der Waals surface area (Å²) >= 11 is 5.69. The van der Waals surface area contributed by atoms with Crippen molar-refractivity contribution in [2.45, 2.75) is 0 Å². The second kappa shape index (κ2) is 2.88. The van der Waals surface area contributed by atoms with Crippen LogP contribution in [-0.2, 0) is 4.79 Å². The number of halogens is 1. The summed E-state index contributed by atoms with van der Waals surface area (Å²) in [5.74, 6) is 0.942. The Morgan fingerprint density at radius 1 is 1.62 bits per heavy atom. The van der Waals surface area contributed by atoms with Gasteiger partial charge in [-0.3, -0.25) is 9.69 Å². The van der Waals surface area contributed by atoms with Gasteiger partial charge in [0.1, 0.15) is 5.15 Å². The van der Waals surface area contributed by atoms with Crippen LogP contribution in [0, 0.1) is 0 Å². The molecule has 0 bridgehead atoms. The van der Waals surface area contributed by atoms with E-state index in [2.05, 4.69) is 4.98 Å². The maximum Gasteiger partial charge on any atom is 0.265 e. The molecule has 2 heterocycles. The number of aromatic nitrogens is 1. The SMILES string of the molecule is CN1C(=O)COc2ccc(Cl)nc21. The number of nitrogens with zero attached hydrogens (tertiary/aromatic N) is 2. The van der Waals surface area contributed by atoms with Gasteiger partial charge in [-0.25, -0.2) is 4.98 Å². The lowest BCUT2D eigenvalue weighted by Crippen LogP contribution is -2.36. The van der Waals surface area contributed by atoms with E-state index in [1.807, 2.05) is 0 Å². The molecule has 0 atom stereocenters. The number of carbonyl (C=O) groups excluding carboxylic acids is 1. The van der Waals surface area contributed by atoms with E-state index in [0.29, 0.717) is 16.7 Å². The first kappa shape index (κ1) is 8.31. The Hall–Kier alpha value is -1.29. The molecular weight excluding hydrogens is 192 g/mol. The number of hydrogen-bond acceptors (Lipinski definition) is 3. The number of likely N-dealkylation sites (N-methyl/N-ethyl adjacent to an activating group) is 1. The van der Waals surface area contributed by atoms with Crippen LogP contribution in [0.15, 0.2) is 12.1 Å². The normalized spacial score (nSPS) is 15.2. The molecule has 0 aliphatic carbocycles. The largest absolute Gasteiger partial charge is 0.480 e. The summed E-state index contributed by atoms with van der Waals surface area (Å²) in [6.45, 7) is 0.0623. The molecule has 0 unspecified atom stereocenters. The van der Waals surface area contributed by atoms with Crippen molar-refractivity contribution < 1.29 is 9.53 Å². The van der Waals surface area contributed by atoms with Crippen molar-refractivity contribution in [1.82, 2.24) is 4.98 Å². The van der Waals surface area contributed by atoms with Crippen LogP contribution in [0.4, 0.5) is 5.82 Å². The van der Waals surface area contributed by atoms with Gasteiger partial charge >= 0.3 is 0 Å². The zero-order valence-corrected chi connectivity index (χ0v) is 7.71. The number of ether oxygens (including phenoxy) is 1. The molecule has 0 saturated heterocycles.